The van der Waals surface area contributed by atoms with Gasteiger partial charge in [0.1, 0.15) is 0 Å². The Hall–Kier alpha value is -0.970. The molecule has 1 aromatic carbocycles. The van der Waals surface area contributed by atoms with E-state index < -0.39 is 0 Å². The zero-order valence-corrected chi connectivity index (χ0v) is 10.9. The first kappa shape index (κ1) is 12.1. The number of nitrogens with two attached hydrogens (primary N) is 1. The number of hydrogen-bond acceptors (Lipinski definition) is 4. The molecule has 2 aliphatic rings. The minimum Gasteiger partial charge on any atom is -0.399 e. The van der Waals surface area contributed by atoms with Crippen LogP contribution in [0.25, 0.3) is 0 Å². The topological polar surface area (TPSA) is 47.7 Å². The van der Waals surface area contributed by atoms with Crippen LogP contribution in [0.1, 0.15) is 12.8 Å². The Morgan fingerprint density at radius 1 is 1.17 bits per heavy atom. The minimum atomic E-state index is -0.337. The molecule has 2 saturated heterocycles. The maximum absolute atomic E-state index is 6.23. The monoisotopic (exact) mass is 268 g/mol. The van der Waals surface area contributed by atoms with Crippen LogP contribution in [0.4, 0.5) is 11.4 Å². The van der Waals surface area contributed by atoms with Gasteiger partial charge < -0.3 is 20.1 Å². The molecule has 0 aromatic heterocycles. The predicted octanol–water partition coefficient (Wildman–Crippen LogP) is 2.27. The molecule has 0 aliphatic carbocycles. The predicted molar refractivity (Wildman–Crippen MR) is 71.9 cm³/mol. The molecule has 2 aliphatic heterocycles. The van der Waals surface area contributed by atoms with Gasteiger partial charge in [-0.2, -0.15) is 0 Å². The number of halogens is 1. The molecule has 0 radical (unpaired) electrons. The molecular weight excluding hydrogens is 252 g/mol. The number of rotatable bonds is 1. The summed E-state index contributed by atoms with van der Waals surface area (Å²) < 4.78 is 11.4. The lowest BCUT2D eigenvalue weighted by Gasteiger charge is -2.39. The first-order chi connectivity index (χ1) is 8.69. The standard InChI is InChI=1S/C13H17ClN2O2/c14-11-9-10(15)1-2-12(11)16-5-3-13(4-6-16)17-7-8-18-13/h1-2,9H,3-8,15H2. The summed E-state index contributed by atoms with van der Waals surface area (Å²) in [6, 6.07) is 5.66. The van der Waals surface area contributed by atoms with Gasteiger partial charge >= 0.3 is 0 Å². The van der Waals surface area contributed by atoms with Crippen LogP contribution in [0.2, 0.25) is 5.02 Å². The third-order valence-electron chi connectivity index (χ3n) is 3.65. The van der Waals surface area contributed by atoms with E-state index in [2.05, 4.69) is 4.90 Å². The van der Waals surface area contributed by atoms with E-state index in [0.717, 1.165) is 31.6 Å². The highest BCUT2D eigenvalue weighted by Gasteiger charge is 2.39. The summed E-state index contributed by atoms with van der Waals surface area (Å²) in [5, 5.41) is 0.708. The van der Waals surface area contributed by atoms with Crippen LogP contribution >= 0.6 is 11.6 Å². The fourth-order valence-electron chi connectivity index (χ4n) is 2.65. The van der Waals surface area contributed by atoms with Crippen LogP contribution < -0.4 is 10.6 Å². The normalized spacial score (nSPS) is 22.6. The summed E-state index contributed by atoms with van der Waals surface area (Å²) in [5.74, 6) is -0.337. The summed E-state index contributed by atoms with van der Waals surface area (Å²) in [7, 11) is 0. The van der Waals surface area contributed by atoms with Gasteiger partial charge in [-0.25, -0.2) is 0 Å². The summed E-state index contributed by atoms with van der Waals surface area (Å²) in [6.07, 6.45) is 1.77. The van der Waals surface area contributed by atoms with Crippen LogP contribution in [0, 0.1) is 0 Å². The SMILES string of the molecule is Nc1ccc(N2CCC3(CC2)OCCO3)c(Cl)c1. The lowest BCUT2D eigenvalue weighted by Crippen LogP contribution is -2.45. The van der Waals surface area contributed by atoms with E-state index >= 15 is 0 Å². The maximum Gasteiger partial charge on any atom is 0.171 e. The molecule has 2 fully saturated rings. The van der Waals surface area contributed by atoms with Gasteiger partial charge in [0.25, 0.3) is 0 Å². The lowest BCUT2D eigenvalue weighted by atomic mass is 10.0. The highest BCUT2D eigenvalue weighted by atomic mass is 35.5. The molecule has 0 bridgehead atoms. The average Bonchev–Trinajstić information content (AvgIpc) is 2.80. The Morgan fingerprint density at radius 2 is 1.83 bits per heavy atom. The largest absolute Gasteiger partial charge is 0.399 e. The van der Waals surface area contributed by atoms with Crippen molar-refractivity contribution in [2.24, 2.45) is 0 Å². The highest BCUT2D eigenvalue weighted by molar-refractivity contribution is 6.33. The molecule has 98 valence electrons. The molecule has 18 heavy (non-hydrogen) atoms. The highest BCUT2D eigenvalue weighted by Crippen LogP contribution is 2.35. The fourth-order valence-corrected chi connectivity index (χ4v) is 2.96. The number of benzene rings is 1. The smallest absolute Gasteiger partial charge is 0.171 e. The Labute approximate surface area is 112 Å². The van der Waals surface area contributed by atoms with Gasteiger partial charge in [0.2, 0.25) is 0 Å². The number of hydrogen-bond donors (Lipinski definition) is 1. The quantitative estimate of drug-likeness (QED) is 0.794. The Morgan fingerprint density at radius 3 is 2.44 bits per heavy atom. The second kappa shape index (κ2) is 4.61. The summed E-state index contributed by atoms with van der Waals surface area (Å²) in [4.78, 5) is 2.26. The van der Waals surface area contributed by atoms with E-state index in [4.69, 9.17) is 26.8 Å². The van der Waals surface area contributed by atoms with Crippen LogP contribution in [0.5, 0.6) is 0 Å². The molecule has 2 N–H and O–H groups in total. The fraction of sp³-hybridized carbons (Fsp3) is 0.538. The van der Waals surface area contributed by atoms with Crippen molar-refractivity contribution in [1.82, 2.24) is 0 Å². The third kappa shape index (κ3) is 2.16. The van der Waals surface area contributed by atoms with Gasteiger partial charge in [-0.1, -0.05) is 11.6 Å². The van der Waals surface area contributed by atoms with Crippen LogP contribution in [0.3, 0.4) is 0 Å². The van der Waals surface area contributed by atoms with Crippen LogP contribution in [-0.4, -0.2) is 32.1 Å². The second-order valence-electron chi connectivity index (χ2n) is 4.81. The number of nitrogens with zero attached hydrogens (tertiary/aromatic N) is 1. The molecule has 1 spiro atoms. The molecule has 0 atom stereocenters. The summed E-state index contributed by atoms with van der Waals surface area (Å²) >= 11 is 6.23. The van der Waals surface area contributed by atoms with Crippen molar-refractivity contribution in [2.75, 3.05) is 36.9 Å². The third-order valence-corrected chi connectivity index (χ3v) is 3.95. The van der Waals surface area contributed by atoms with Gasteiger partial charge in [-0.3, -0.25) is 0 Å². The molecule has 2 heterocycles. The lowest BCUT2D eigenvalue weighted by molar-refractivity contribution is -0.169. The Bertz CT molecular complexity index is 437. The van der Waals surface area contributed by atoms with Crippen molar-refractivity contribution in [3.63, 3.8) is 0 Å². The van der Waals surface area contributed by atoms with Crippen molar-refractivity contribution < 1.29 is 9.47 Å². The minimum absolute atomic E-state index is 0.337. The number of ether oxygens (including phenoxy) is 2. The van der Waals surface area contributed by atoms with Gasteiger partial charge in [-0.15, -0.1) is 0 Å². The van der Waals surface area contributed by atoms with Crippen molar-refractivity contribution in [3.05, 3.63) is 23.2 Å². The number of nitrogen functional groups attached to an aromatic ring is 1. The van der Waals surface area contributed by atoms with E-state index in [9.17, 15) is 0 Å². The first-order valence-corrected chi connectivity index (χ1v) is 6.64. The molecule has 0 unspecified atom stereocenters. The van der Waals surface area contributed by atoms with E-state index in [1.807, 2.05) is 12.1 Å². The molecule has 4 nitrogen and oxygen atoms in total. The zero-order chi connectivity index (χ0) is 12.6. The molecule has 5 heteroatoms. The Kier molecular flexibility index (Phi) is 3.09. The van der Waals surface area contributed by atoms with Gasteiger partial charge in [0.05, 0.1) is 23.9 Å². The van der Waals surface area contributed by atoms with E-state index in [-0.39, 0.29) is 5.79 Å². The van der Waals surface area contributed by atoms with Crippen molar-refractivity contribution in [1.29, 1.82) is 0 Å². The summed E-state index contributed by atoms with van der Waals surface area (Å²) in [5.41, 5.74) is 7.44. The van der Waals surface area contributed by atoms with Crippen LogP contribution in [-0.2, 0) is 9.47 Å². The van der Waals surface area contributed by atoms with Crippen molar-refractivity contribution in [2.45, 2.75) is 18.6 Å². The number of piperidine rings is 1. The van der Waals surface area contributed by atoms with Gasteiger partial charge in [0.15, 0.2) is 5.79 Å². The maximum atomic E-state index is 6.23. The second-order valence-corrected chi connectivity index (χ2v) is 5.21. The molecule has 1 aromatic rings. The Balaban J connectivity index is 1.72. The molecule has 3 rings (SSSR count). The number of anilines is 2. The molecule has 0 saturated carbocycles. The van der Waals surface area contributed by atoms with Crippen LogP contribution in [0.15, 0.2) is 18.2 Å². The van der Waals surface area contributed by atoms with E-state index in [1.165, 1.54) is 0 Å². The zero-order valence-electron chi connectivity index (χ0n) is 10.2. The molecular formula is C13H17ClN2O2. The molecule has 0 amide bonds. The van der Waals surface area contributed by atoms with Gasteiger partial charge in [-0.05, 0) is 18.2 Å². The van der Waals surface area contributed by atoms with E-state index in [1.54, 1.807) is 6.07 Å². The summed E-state index contributed by atoms with van der Waals surface area (Å²) in [6.45, 7) is 3.21. The van der Waals surface area contributed by atoms with Gasteiger partial charge in [0, 0.05) is 31.6 Å². The van der Waals surface area contributed by atoms with Crippen molar-refractivity contribution in [3.8, 4) is 0 Å². The average molecular weight is 269 g/mol. The van der Waals surface area contributed by atoms with Crippen molar-refractivity contribution >= 4 is 23.0 Å². The first-order valence-electron chi connectivity index (χ1n) is 6.26. The van der Waals surface area contributed by atoms with E-state index in [0.29, 0.717) is 23.9 Å².